The van der Waals surface area contributed by atoms with E-state index in [1.54, 1.807) is 23.2 Å². The molecule has 1 amide bonds. The van der Waals surface area contributed by atoms with Crippen LogP contribution in [0.5, 0.6) is 0 Å². The normalized spacial score (nSPS) is 21.4. The summed E-state index contributed by atoms with van der Waals surface area (Å²) < 4.78 is 6.00. The van der Waals surface area contributed by atoms with Gasteiger partial charge in [-0.3, -0.25) is 9.78 Å². The predicted octanol–water partition coefficient (Wildman–Crippen LogP) is 2.85. The van der Waals surface area contributed by atoms with Crippen LogP contribution in [0.4, 0.5) is 0 Å². The Morgan fingerprint density at radius 3 is 2.47 bits per heavy atom. The van der Waals surface area contributed by atoms with Gasteiger partial charge in [0.15, 0.2) is 0 Å². The highest BCUT2D eigenvalue weighted by molar-refractivity contribution is 5.84. The number of carbonyl (C=O) groups is 1. The number of likely N-dealkylation sites (tertiary alicyclic amines) is 1. The van der Waals surface area contributed by atoms with Crippen molar-refractivity contribution in [2.75, 3.05) is 26.2 Å². The Bertz CT molecular complexity index is 1210. The lowest BCUT2D eigenvalue weighted by Crippen LogP contribution is -2.61. The van der Waals surface area contributed by atoms with Crippen LogP contribution in [0.1, 0.15) is 31.2 Å². The summed E-state index contributed by atoms with van der Waals surface area (Å²) in [4.78, 5) is 20.3. The van der Waals surface area contributed by atoms with Gasteiger partial charge in [-0.15, -0.1) is 0 Å². The van der Waals surface area contributed by atoms with E-state index in [9.17, 15) is 15.0 Å². The largest absolute Gasteiger partial charge is 0.363 e. The van der Waals surface area contributed by atoms with Crippen molar-refractivity contribution in [2.45, 2.75) is 43.2 Å². The number of nitrogens with zero attached hydrogens (tertiary/aromatic N) is 3. The number of hydrogen-bond donors (Lipinski definition) is 2. The van der Waals surface area contributed by atoms with Crippen LogP contribution in [0.2, 0.25) is 0 Å². The number of piperidine rings is 1. The number of pyridine rings is 1. The zero-order valence-electron chi connectivity index (χ0n) is 19.1. The van der Waals surface area contributed by atoms with Crippen molar-refractivity contribution in [1.29, 1.82) is 0 Å². The van der Waals surface area contributed by atoms with Crippen LogP contribution >= 0.6 is 0 Å². The monoisotopic (exact) mass is 459 g/mol. The molecule has 1 aromatic heterocycles. The molecule has 1 aliphatic carbocycles. The van der Waals surface area contributed by atoms with Crippen LogP contribution in [0.25, 0.3) is 22.0 Å². The zero-order chi connectivity index (χ0) is 23.3. The lowest BCUT2D eigenvalue weighted by Gasteiger charge is -2.49. The van der Waals surface area contributed by atoms with Crippen molar-refractivity contribution in [1.82, 2.24) is 14.8 Å². The second-order valence-corrected chi connectivity index (χ2v) is 9.84. The molecule has 2 aromatic carbocycles. The van der Waals surface area contributed by atoms with Gasteiger partial charge in [0.2, 0.25) is 5.91 Å². The fraction of sp³-hybridized carbons (Fsp3) is 0.407. The fourth-order valence-corrected chi connectivity index (χ4v) is 5.30. The van der Waals surface area contributed by atoms with Crippen molar-refractivity contribution >= 4 is 16.8 Å². The highest BCUT2D eigenvalue weighted by Crippen LogP contribution is 2.38. The number of carbonyl (C=O) groups excluding carboxylic acids is 1. The van der Waals surface area contributed by atoms with Crippen molar-refractivity contribution in [3.63, 3.8) is 0 Å². The molecule has 2 N–H and O–H groups in total. The molecule has 2 aliphatic heterocycles. The molecule has 7 heteroatoms. The first-order chi connectivity index (χ1) is 16.4. The minimum absolute atomic E-state index is 0.0801. The maximum absolute atomic E-state index is 12.2. The zero-order valence-corrected chi connectivity index (χ0v) is 19.1. The van der Waals surface area contributed by atoms with Crippen LogP contribution < -0.4 is 0 Å². The quantitative estimate of drug-likeness (QED) is 0.584. The Morgan fingerprint density at radius 1 is 1.00 bits per heavy atom. The van der Waals surface area contributed by atoms with Gasteiger partial charge in [0.1, 0.15) is 6.61 Å². The van der Waals surface area contributed by atoms with E-state index in [0.29, 0.717) is 44.1 Å². The van der Waals surface area contributed by atoms with Crippen molar-refractivity contribution in [3.05, 3.63) is 66.4 Å². The van der Waals surface area contributed by atoms with Crippen LogP contribution in [0, 0.1) is 0 Å². The van der Waals surface area contributed by atoms with Crippen molar-refractivity contribution in [2.24, 2.45) is 0 Å². The van der Waals surface area contributed by atoms with E-state index in [4.69, 9.17) is 4.74 Å². The number of aliphatic hydroxyl groups is 2. The minimum atomic E-state index is -2.06. The van der Waals surface area contributed by atoms with E-state index >= 15 is 0 Å². The number of benzene rings is 2. The van der Waals surface area contributed by atoms with Gasteiger partial charge < -0.3 is 19.8 Å². The lowest BCUT2D eigenvalue weighted by molar-refractivity contribution is -0.289. The van der Waals surface area contributed by atoms with E-state index < -0.39 is 5.91 Å². The van der Waals surface area contributed by atoms with Gasteiger partial charge in [0, 0.05) is 36.3 Å². The van der Waals surface area contributed by atoms with Gasteiger partial charge in [0.05, 0.1) is 17.7 Å². The number of aromatic nitrogens is 1. The van der Waals surface area contributed by atoms with Gasteiger partial charge in [-0.25, -0.2) is 4.90 Å². The highest BCUT2D eigenvalue weighted by Gasteiger charge is 2.48. The topological polar surface area (TPSA) is 86.1 Å². The molecule has 0 radical (unpaired) electrons. The molecule has 176 valence electrons. The van der Waals surface area contributed by atoms with E-state index in [-0.39, 0.29) is 18.1 Å². The number of fused-ring (bicyclic) bond motifs is 1. The molecule has 34 heavy (non-hydrogen) atoms. The molecule has 1 saturated carbocycles. The fourth-order valence-electron chi connectivity index (χ4n) is 5.30. The molecule has 6 rings (SSSR count). The third-order valence-corrected chi connectivity index (χ3v) is 7.60. The standard InChI is InChI=1S/C27H29N3O4/c31-25-17-34-26(18-30(25)23-9-10-23)11-14-29(15-12-26)27(32,33)22-7-5-19(6-8-22)21-4-3-20-2-1-13-28-24(20)16-21/h1-8,13,16,23,32-33H,9-12,14-15,17-18H2. The molecular weight excluding hydrogens is 430 g/mol. The second-order valence-electron chi connectivity index (χ2n) is 9.84. The summed E-state index contributed by atoms with van der Waals surface area (Å²) in [6.07, 6.45) is 5.26. The van der Waals surface area contributed by atoms with Gasteiger partial charge in [-0.2, -0.15) is 0 Å². The number of amides is 1. The molecule has 3 aliphatic rings. The molecule has 0 unspecified atom stereocenters. The average Bonchev–Trinajstić information content (AvgIpc) is 3.71. The van der Waals surface area contributed by atoms with Crippen LogP contribution in [-0.4, -0.2) is 68.8 Å². The summed E-state index contributed by atoms with van der Waals surface area (Å²) >= 11 is 0. The Labute approximate surface area is 198 Å². The van der Waals surface area contributed by atoms with Gasteiger partial charge in [-0.05, 0) is 48.9 Å². The summed E-state index contributed by atoms with van der Waals surface area (Å²) in [6.45, 7) is 1.71. The summed E-state index contributed by atoms with van der Waals surface area (Å²) in [5, 5.41) is 23.2. The number of rotatable bonds is 4. The summed E-state index contributed by atoms with van der Waals surface area (Å²) in [5.41, 5.74) is 3.01. The summed E-state index contributed by atoms with van der Waals surface area (Å²) in [6, 6.07) is 17.8. The van der Waals surface area contributed by atoms with E-state index in [2.05, 4.69) is 4.98 Å². The van der Waals surface area contributed by atoms with Crippen molar-refractivity contribution in [3.8, 4) is 11.1 Å². The maximum atomic E-state index is 12.2. The van der Waals surface area contributed by atoms with E-state index in [1.165, 1.54) is 0 Å². The molecule has 3 heterocycles. The first kappa shape index (κ1) is 21.7. The smallest absolute Gasteiger partial charge is 0.253 e. The van der Waals surface area contributed by atoms with Crippen molar-refractivity contribution < 1.29 is 19.7 Å². The first-order valence-corrected chi connectivity index (χ1v) is 12.0. The molecule has 0 atom stereocenters. The molecule has 0 bridgehead atoms. The van der Waals surface area contributed by atoms with Crippen LogP contribution in [0.3, 0.4) is 0 Å². The Morgan fingerprint density at radius 2 is 1.74 bits per heavy atom. The summed E-state index contributed by atoms with van der Waals surface area (Å²) in [7, 11) is 0. The average molecular weight is 460 g/mol. The third-order valence-electron chi connectivity index (χ3n) is 7.60. The second kappa shape index (κ2) is 8.13. The number of ether oxygens (including phenoxy) is 1. The Kier molecular flexibility index (Phi) is 5.18. The molecule has 7 nitrogen and oxygen atoms in total. The predicted molar refractivity (Wildman–Crippen MR) is 128 cm³/mol. The van der Waals surface area contributed by atoms with E-state index in [0.717, 1.165) is 34.9 Å². The van der Waals surface area contributed by atoms with Gasteiger partial charge in [0.25, 0.3) is 5.91 Å². The Balaban J connectivity index is 1.15. The van der Waals surface area contributed by atoms with Gasteiger partial charge in [-0.1, -0.05) is 42.5 Å². The Hall–Kier alpha value is -2.84. The molecule has 2 saturated heterocycles. The molecule has 3 aromatic rings. The molecular formula is C27H29N3O4. The number of hydrogen-bond acceptors (Lipinski definition) is 6. The number of morpholine rings is 1. The van der Waals surface area contributed by atoms with Crippen LogP contribution in [-0.2, 0) is 15.4 Å². The third kappa shape index (κ3) is 3.88. The van der Waals surface area contributed by atoms with Crippen LogP contribution in [0.15, 0.2) is 60.8 Å². The first-order valence-electron chi connectivity index (χ1n) is 12.0. The molecule has 3 fully saturated rings. The molecule has 1 spiro atoms. The van der Waals surface area contributed by atoms with Gasteiger partial charge >= 0.3 is 0 Å². The summed E-state index contributed by atoms with van der Waals surface area (Å²) in [5.74, 6) is -1.98. The lowest BCUT2D eigenvalue weighted by atomic mass is 9.88. The SMILES string of the molecule is O=C1COC2(CCN(C(O)(O)c3ccc(-c4ccc5cccnc5c4)cc3)CC2)CN1C1CC1. The van der Waals surface area contributed by atoms with E-state index in [1.807, 2.05) is 47.4 Å². The maximum Gasteiger partial charge on any atom is 0.253 e. The minimum Gasteiger partial charge on any atom is -0.363 e. The highest BCUT2D eigenvalue weighted by atomic mass is 16.5.